The lowest BCUT2D eigenvalue weighted by atomic mass is 10.1. The summed E-state index contributed by atoms with van der Waals surface area (Å²) in [7, 11) is 0. The number of hydrogen-bond acceptors (Lipinski definition) is 6. The number of aromatic nitrogens is 3. The molecule has 9 heteroatoms. The first-order chi connectivity index (χ1) is 13.4. The zero-order chi connectivity index (χ0) is 19.8. The Balaban J connectivity index is 1.83. The van der Waals surface area contributed by atoms with Crippen molar-refractivity contribution in [3.63, 3.8) is 0 Å². The lowest BCUT2D eigenvalue weighted by Crippen LogP contribution is -2.04. The number of aromatic hydroxyl groups is 1. The van der Waals surface area contributed by atoms with E-state index in [4.69, 9.17) is 0 Å². The summed E-state index contributed by atoms with van der Waals surface area (Å²) in [6.45, 7) is -1.17. The summed E-state index contributed by atoms with van der Waals surface area (Å²) in [5, 5.41) is 10.5. The van der Waals surface area contributed by atoms with Crippen molar-refractivity contribution in [1.82, 2.24) is 15.0 Å². The first kappa shape index (κ1) is 18.2. The van der Waals surface area contributed by atoms with Crippen molar-refractivity contribution in [3.8, 4) is 32.6 Å². The normalized spacial score (nSPS) is 11.3. The van der Waals surface area contributed by atoms with Crippen molar-refractivity contribution in [2.75, 3.05) is 0 Å². The number of halogens is 3. The van der Waals surface area contributed by atoms with E-state index in [1.165, 1.54) is 35.7 Å². The number of aryl methyl sites for hydroxylation is 1. The molecule has 28 heavy (non-hydrogen) atoms. The van der Waals surface area contributed by atoms with Crippen LogP contribution in [0.4, 0.5) is 13.2 Å². The van der Waals surface area contributed by atoms with Crippen LogP contribution in [0.15, 0.2) is 42.7 Å². The van der Waals surface area contributed by atoms with Crippen molar-refractivity contribution in [2.45, 2.75) is 13.5 Å². The van der Waals surface area contributed by atoms with Crippen molar-refractivity contribution in [3.05, 3.63) is 54.1 Å². The molecule has 2 aromatic carbocycles. The molecule has 0 atom stereocenters. The van der Waals surface area contributed by atoms with E-state index >= 15 is 0 Å². The number of rotatable bonds is 4. The number of hydrogen-bond donors (Lipinski definition) is 1. The van der Waals surface area contributed by atoms with Crippen LogP contribution in [0.25, 0.3) is 32.0 Å². The molecular formula is C19H12F3N3O2S. The van der Waals surface area contributed by atoms with Crippen molar-refractivity contribution < 1.29 is 23.0 Å². The Morgan fingerprint density at radius 2 is 1.96 bits per heavy atom. The van der Waals surface area contributed by atoms with E-state index in [2.05, 4.69) is 19.7 Å². The summed E-state index contributed by atoms with van der Waals surface area (Å²) >= 11 is 1.18. The molecule has 0 fully saturated rings. The van der Waals surface area contributed by atoms with Crippen LogP contribution in [0.2, 0.25) is 0 Å². The van der Waals surface area contributed by atoms with Gasteiger partial charge in [-0.25, -0.2) is 19.3 Å². The van der Waals surface area contributed by atoms with Gasteiger partial charge in [0.2, 0.25) is 5.88 Å². The molecule has 0 unspecified atom stereocenters. The van der Waals surface area contributed by atoms with E-state index in [1.54, 1.807) is 6.07 Å². The highest BCUT2D eigenvalue weighted by Crippen LogP contribution is 2.39. The van der Waals surface area contributed by atoms with Gasteiger partial charge in [0.05, 0.1) is 27.7 Å². The lowest BCUT2D eigenvalue weighted by molar-refractivity contribution is -0.0528. The zero-order valence-electron chi connectivity index (χ0n) is 14.4. The molecular weight excluding hydrogens is 391 g/mol. The van der Waals surface area contributed by atoms with Gasteiger partial charge in [-0.3, -0.25) is 0 Å². The van der Waals surface area contributed by atoms with Gasteiger partial charge in [0.1, 0.15) is 16.6 Å². The molecule has 0 aliphatic carbocycles. The van der Waals surface area contributed by atoms with E-state index in [0.717, 1.165) is 11.8 Å². The third-order valence-electron chi connectivity index (χ3n) is 3.95. The molecule has 2 heterocycles. The molecule has 0 radical (unpaired) electrons. The molecule has 0 saturated carbocycles. The van der Waals surface area contributed by atoms with Crippen molar-refractivity contribution in [2.24, 2.45) is 0 Å². The number of benzene rings is 2. The number of alkyl halides is 2. The Bertz CT molecular complexity index is 1160. The average molecular weight is 403 g/mol. The number of phenolic OH excluding ortho intramolecular Hbond substituents is 1. The van der Waals surface area contributed by atoms with Gasteiger partial charge in [-0.05, 0) is 36.8 Å². The van der Waals surface area contributed by atoms with E-state index in [-0.39, 0.29) is 17.2 Å². The third kappa shape index (κ3) is 3.36. The summed E-state index contributed by atoms with van der Waals surface area (Å²) in [5.41, 5.74) is 2.33. The van der Waals surface area contributed by atoms with Crippen LogP contribution in [0.3, 0.4) is 0 Å². The zero-order valence-corrected chi connectivity index (χ0v) is 15.2. The Morgan fingerprint density at radius 3 is 2.71 bits per heavy atom. The Hall–Kier alpha value is -3.20. The van der Waals surface area contributed by atoms with Crippen LogP contribution in [-0.4, -0.2) is 26.7 Å². The lowest BCUT2D eigenvalue weighted by Gasteiger charge is -2.07. The van der Waals surface area contributed by atoms with Gasteiger partial charge in [-0.2, -0.15) is 8.78 Å². The van der Waals surface area contributed by atoms with Gasteiger partial charge >= 0.3 is 6.61 Å². The second-order valence-electron chi connectivity index (χ2n) is 5.93. The number of nitrogens with zero attached hydrogens (tertiary/aromatic N) is 3. The quantitative estimate of drug-likeness (QED) is 0.509. The van der Waals surface area contributed by atoms with E-state index in [9.17, 15) is 18.3 Å². The summed E-state index contributed by atoms with van der Waals surface area (Å²) in [6, 6.07) is 7.59. The SMILES string of the molecule is Cc1cc(-c2ncc(-c3c(O)cccc3F)s2)c2ncc(OC(F)F)nc2c1. The van der Waals surface area contributed by atoms with Gasteiger partial charge < -0.3 is 9.84 Å². The Kier molecular flexibility index (Phi) is 4.60. The number of fused-ring (bicyclic) bond motifs is 1. The molecule has 4 rings (SSSR count). The molecule has 2 aromatic heterocycles. The molecule has 0 spiro atoms. The van der Waals surface area contributed by atoms with Crippen molar-refractivity contribution >= 4 is 22.4 Å². The highest BCUT2D eigenvalue weighted by atomic mass is 32.1. The second-order valence-corrected chi connectivity index (χ2v) is 6.96. The molecule has 0 aliphatic rings. The van der Waals surface area contributed by atoms with Crippen LogP contribution in [0, 0.1) is 12.7 Å². The number of ether oxygens (including phenoxy) is 1. The predicted molar refractivity (Wildman–Crippen MR) is 99.1 cm³/mol. The van der Waals surface area contributed by atoms with Gasteiger partial charge in [-0.1, -0.05) is 6.07 Å². The van der Waals surface area contributed by atoms with Crippen LogP contribution in [-0.2, 0) is 0 Å². The van der Waals surface area contributed by atoms with Crippen LogP contribution >= 0.6 is 11.3 Å². The average Bonchev–Trinajstić information content (AvgIpc) is 3.09. The van der Waals surface area contributed by atoms with Crippen LogP contribution in [0.1, 0.15) is 5.56 Å². The van der Waals surface area contributed by atoms with E-state index in [0.29, 0.717) is 26.5 Å². The van der Waals surface area contributed by atoms with Crippen LogP contribution < -0.4 is 4.74 Å². The Labute approximate surface area is 161 Å². The molecule has 4 aromatic rings. The van der Waals surface area contributed by atoms with Crippen LogP contribution in [0.5, 0.6) is 11.6 Å². The fourth-order valence-corrected chi connectivity index (χ4v) is 3.82. The maximum Gasteiger partial charge on any atom is 0.388 e. The highest BCUT2D eigenvalue weighted by Gasteiger charge is 2.17. The molecule has 0 amide bonds. The summed E-state index contributed by atoms with van der Waals surface area (Å²) < 4.78 is 43.3. The predicted octanol–water partition coefficient (Wildman–Crippen LogP) is 5.17. The fraction of sp³-hybridized carbons (Fsp3) is 0.105. The molecule has 142 valence electrons. The first-order valence-electron chi connectivity index (χ1n) is 8.08. The molecule has 5 nitrogen and oxygen atoms in total. The number of phenols is 1. The standard InChI is InChI=1S/C19H12F3N3O2S/c1-9-5-10(17-12(6-9)25-15(8-23-17)27-19(21)22)18-24-7-14(28-18)16-11(20)3-2-4-13(16)26/h2-8,19,26H,1H3. The first-order valence-corrected chi connectivity index (χ1v) is 8.90. The van der Waals surface area contributed by atoms with E-state index < -0.39 is 12.4 Å². The molecule has 1 N–H and O–H groups in total. The molecule has 0 saturated heterocycles. The summed E-state index contributed by atoms with van der Waals surface area (Å²) in [6.07, 6.45) is 2.58. The van der Waals surface area contributed by atoms with E-state index in [1.807, 2.05) is 13.0 Å². The minimum absolute atomic E-state index is 0.0712. The fourth-order valence-electron chi connectivity index (χ4n) is 2.83. The third-order valence-corrected chi connectivity index (χ3v) is 5.00. The monoisotopic (exact) mass is 403 g/mol. The second kappa shape index (κ2) is 7.08. The molecule has 0 aliphatic heterocycles. The minimum Gasteiger partial charge on any atom is -0.507 e. The maximum atomic E-state index is 14.1. The summed E-state index contributed by atoms with van der Waals surface area (Å²) in [5.74, 6) is -1.02. The van der Waals surface area contributed by atoms with Crippen molar-refractivity contribution in [1.29, 1.82) is 0 Å². The highest BCUT2D eigenvalue weighted by molar-refractivity contribution is 7.18. The van der Waals surface area contributed by atoms with Gasteiger partial charge in [0.15, 0.2) is 0 Å². The topological polar surface area (TPSA) is 68.1 Å². The van der Waals surface area contributed by atoms with Gasteiger partial charge in [0.25, 0.3) is 0 Å². The summed E-state index contributed by atoms with van der Waals surface area (Å²) in [4.78, 5) is 13.0. The Morgan fingerprint density at radius 1 is 1.14 bits per heavy atom. The largest absolute Gasteiger partial charge is 0.507 e. The minimum atomic E-state index is -2.99. The van der Waals surface area contributed by atoms with Gasteiger partial charge in [-0.15, -0.1) is 11.3 Å². The smallest absolute Gasteiger partial charge is 0.388 e. The van der Waals surface area contributed by atoms with Gasteiger partial charge in [0, 0.05) is 11.8 Å². The molecule has 0 bridgehead atoms. The maximum absolute atomic E-state index is 14.1. The number of thiazole rings is 1.